The second kappa shape index (κ2) is 5.19. The van der Waals surface area contributed by atoms with Crippen LogP contribution in [0.15, 0.2) is 18.2 Å². The van der Waals surface area contributed by atoms with Crippen molar-refractivity contribution < 1.29 is 64.3 Å². The molecule has 1 aromatic carbocycles. The zero-order chi connectivity index (χ0) is 9.35. The van der Waals surface area contributed by atoms with Crippen molar-refractivity contribution in [3.63, 3.8) is 0 Å². The smallest absolute Gasteiger partial charge is 0.445 e. The molecule has 0 N–H and O–H groups in total. The molecule has 0 aromatic heterocycles. The fourth-order valence-corrected chi connectivity index (χ4v) is 1.23. The average molecular weight is 232 g/mol. The van der Waals surface area contributed by atoms with Crippen molar-refractivity contribution in [3.05, 3.63) is 28.8 Å². The first-order chi connectivity index (χ1) is 5.41. The van der Waals surface area contributed by atoms with Crippen molar-refractivity contribution in [3.8, 4) is 0 Å². The molecule has 0 saturated carbocycles. The van der Waals surface area contributed by atoms with Crippen LogP contribution in [0.25, 0.3) is 0 Å². The summed E-state index contributed by atoms with van der Waals surface area (Å²) < 4.78 is 36.6. The van der Waals surface area contributed by atoms with Crippen LogP contribution in [-0.2, 0) is 0 Å². The van der Waals surface area contributed by atoms with Gasteiger partial charge >= 0.3 is 58.4 Å². The number of rotatable bonds is 1. The molecule has 0 amide bonds. The number of benzene rings is 1. The molecule has 0 nitrogen and oxygen atoms in total. The van der Waals surface area contributed by atoms with E-state index in [4.69, 9.17) is 11.6 Å². The van der Waals surface area contributed by atoms with Gasteiger partial charge in [-0.25, -0.2) is 0 Å². The van der Waals surface area contributed by atoms with Crippen molar-refractivity contribution in [1.82, 2.24) is 0 Å². The van der Waals surface area contributed by atoms with Crippen molar-refractivity contribution in [2.45, 2.75) is 6.92 Å². The summed E-state index contributed by atoms with van der Waals surface area (Å²) >= 11 is 5.51. The van der Waals surface area contributed by atoms with Gasteiger partial charge in [0.1, 0.15) is 0 Å². The van der Waals surface area contributed by atoms with E-state index >= 15 is 0 Å². The van der Waals surface area contributed by atoms with Gasteiger partial charge in [0.05, 0.1) is 0 Å². The van der Waals surface area contributed by atoms with Crippen molar-refractivity contribution >= 4 is 24.0 Å². The second-order valence-corrected chi connectivity index (χ2v) is 3.01. The molecule has 66 valence electrons. The molecule has 0 aliphatic carbocycles. The Morgan fingerprint density at radius 2 is 1.77 bits per heavy atom. The second-order valence-electron chi connectivity index (χ2n) is 2.58. The van der Waals surface area contributed by atoms with Crippen LogP contribution in [0.5, 0.6) is 0 Å². The third-order valence-corrected chi connectivity index (χ3v) is 1.82. The maximum absolute atomic E-state index is 12.2. The molecule has 0 bridgehead atoms. The topological polar surface area (TPSA) is 0 Å². The molecule has 0 atom stereocenters. The van der Waals surface area contributed by atoms with E-state index in [2.05, 4.69) is 0 Å². The first-order valence-electron chi connectivity index (χ1n) is 3.37. The zero-order valence-electron chi connectivity index (χ0n) is 7.32. The summed E-state index contributed by atoms with van der Waals surface area (Å²) in [6.45, 7) is -3.50. The fourth-order valence-electron chi connectivity index (χ4n) is 1.01. The quantitative estimate of drug-likeness (QED) is 0.584. The zero-order valence-corrected chi connectivity index (χ0v) is 11.2. The first-order valence-corrected chi connectivity index (χ1v) is 3.75. The van der Waals surface area contributed by atoms with E-state index < -0.39 is 12.4 Å². The molecule has 1 aromatic rings. The molecular formula is C7H6BClF3K. The molecule has 6 heteroatoms. The SMILES string of the molecule is Cc1cc(Cl)ccc1[B-](F)(F)F.[K+]. The summed E-state index contributed by atoms with van der Waals surface area (Å²) in [5, 5.41) is 0.330. The van der Waals surface area contributed by atoms with Crippen LogP contribution in [0.1, 0.15) is 5.56 Å². The van der Waals surface area contributed by atoms with E-state index in [-0.39, 0.29) is 56.9 Å². The summed E-state index contributed by atoms with van der Waals surface area (Å²) in [5.74, 6) is 0. The summed E-state index contributed by atoms with van der Waals surface area (Å²) in [4.78, 5) is 0. The fraction of sp³-hybridized carbons (Fsp3) is 0.143. The van der Waals surface area contributed by atoms with Gasteiger partial charge in [-0.2, -0.15) is 0 Å². The predicted molar refractivity (Wildman–Crippen MR) is 44.9 cm³/mol. The van der Waals surface area contributed by atoms with E-state index in [0.29, 0.717) is 5.02 Å². The molecule has 0 aliphatic heterocycles. The van der Waals surface area contributed by atoms with Gasteiger partial charge in [0.15, 0.2) is 0 Å². The number of halogens is 4. The maximum atomic E-state index is 12.2. The van der Waals surface area contributed by atoms with Crippen LogP contribution >= 0.6 is 11.6 Å². The minimum Gasteiger partial charge on any atom is -0.445 e. The van der Waals surface area contributed by atoms with Gasteiger partial charge < -0.3 is 12.9 Å². The summed E-state index contributed by atoms with van der Waals surface area (Å²) in [6, 6.07) is 3.57. The number of hydrogen-bond donors (Lipinski definition) is 0. The van der Waals surface area contributed by atoms with Crippen LogP contribution in [-0.4, -0.2) is 6.98 Å². The predicted octanol–water partition coefficient (Wildman–Crippen LogP) is -0.293. The molecule has 0 heterocycles. The Bertz CT molecular complexity index is 300. The molecule has 0 radical (unpaired) electrons. The van der Waals surface area contributed by atoms with Crippen molar-refractivity contribution in [2.24, 2.45) is 0 Å². The number of hydrogen-bond acceptors (Lipinski definition) is 0. The standard InChI is InChI=1S/C7H6BClF3.K/c1-5-4-6(9)2-3-7(5)8(10,11)12;/h2-4H,1H3;/q-1;+1. The molecule has 0 spiro atoms. The minimum atomic E-state index is -4.90. The van der Waals surface area contributed by atoms with Gasteiger partial charge in [-0.05, 0) is 19.1 Å². The molecule has 0 unspecified atom stereocenters. The van der Waals surface area contributed by atoms with Crippen LogP contribution in [0.3, 0.4) is 0 Å². The molecule has 13 heavy (non-hydrogen) atoms. The first kappa shape index (κ1) is 14.0. The van der Waals surface area contributed by atoms with Crippen molar-refractivity contribution in [2.75, 3.05) is 0 Å². The van der Waals surface area contributed by atoms with E-state index in [9.17, 15) is 12.9 Å². The molecule has 0 aliphatic rings. The van der Waals surface area contributed by atoms with Gasteiger partial charge in [-0.3, -0.25) is 0 Å². The Labute approximate surface area is 122 Å². The van der Waals surface area contributed by atoms with Gasteiger partial charge in [-0.15, -0.1) is 5.46 Å². The third-order valence-electron chi connectivity index (χ3n) is 1.58. The molecule has 1 rings (SSSR count). The van der Waals surface area contributed by atoms with E-state index in [1.807, 2.05) is 0 Å². The summed E-state index contributed by atoms with van der Waals surface area (Å²) in [5.41, 5.74) is -0.394. The maximum Gasteiger partial charge on any atom is 1.00 e. The van der Waals surface area contributed by atoms with Crippen LogP contribution in [0.4, 0.5) is 12.9 Å². The molecular weight excluding hydrogens is 226 g/mol. The van der Waals surface area contributed by atoms with Crippen molar-refractivity contribution in [1.29, 1.82) is 0 Å². The van der Waals surface area contributed by atoms with Gasteiger partial charge in [0.2, 0.25) is 0 Å². The van der Waals surface area contributed by atoms with Crippen LogP contribution < -0.4 is 56.8 Å². The Morgan fingerprint density at radius 1 is 1.23 bits per heavy atom. The van der Waals surface area contributed by atoms with Gasteiger partial charge in [-0.1, -0.05) is 23.2 Å². The molecule has 0 fully saturated rings. The van der Waals surface area contributed by atoms with Crippen LogP contribution in [0.2, 0.25) is 5.02 Å². The molecule has 0 saturated heterocycles. The average Bonchev–Trinajstić information content (AvgIpc) is 1.83. The van der Waals surface area contributed by atoms with Gasteiger partial charge in [0, 0.05) is 5.02 Å². The Hall–Kier alpha value is 1.00. The largest absolute Gasteiger partial charge is 1.00 e. The summed E-state index contributed by atoms with van der Waals surface area (Å²) in [6.07, 6.45) is 0. The Kier molecular flexibility index (Phi) is 5.59. The van der Waals surface area contributed by atoms with Gasteiger partial charge in [0.25, 0.3) is 0 Å². The Morgan fingerprint density at radius 3 is 2.15 bits per heavy atom. The summed E-state index contributed by atoms with van der Waals surface area (Å²) in [7, 11) is 0. The minimum absolute atomic E-state index is 0. The van der Waals surface area contributed by atoms with E-state index in [1.165, 1.54) is 19.1 Å². The normalized spacial score (nSPS) is 10.8. The number of aryl methyl sites for hydroxylation is 1. The van der Waals surface area contributed by atoms with E-state index in [1.54, 1.807) is 0 Å². The Balaban J connectivity index is 0.00000144. The van der Waals surface area contributed by atoms with Crippen LogP contribution in [0, 0.1) is 6.92 Å². The van der Waals surface area contributed by atoms with E-state index in [0.717, 1.165) is 6.07 Å². The monoisotopic (exact) mass is 232 g/mol. The third kappa shape index (κ3) is 3.93.